The molecule has 1 unspecified atom stereocenters. The van der Waals surface area contributed by atoms with E-state index in [0.717, 1.165) is 37.2 Å². The van der Waals surface area contributed by atoms with E-state index in [9.17, 15) is 0 Å². The van der Waals surface area contributed by atoms with E-state index < -0.39 is 0 Å². The van der Waals surface area contributed by atoms with Crippen molar-refractivity contribution in [3.63, 3.8) is 0 Å². The summed E-state index contributed by atoms with van der Waals surface area (Å²) in [5, 5.41) is 8.25. The summed E-state index contributed by atoms with van der Waals surface area (Å²) in [5.41, 5.74) is 1.92. The standard InChI is InChI=1S/C11H14N4O/c1-2-9(8-16-5-1)7-15-11-3-4-12-6-10(11)13-14-15/h3-4,6,9H,1-2,5,7-8H2. The first kappa shape index (κ1) is 9.72. The molecule has 1 aliphatic rings. The second kappa shape index (κ2) is 4.17. The lowest BCUT2D eigenvalue weighted by Gasteiger charge is -2.21. The number of aromatic nitrogens is 4. The number of rotatable bonds is 2. The smallest absolute Gasteiger partial charge is 0.131 e. The number of hydrogen-bond acceptors (Lipinski definition) is 4. The summed E-state index contributed by atoms with van der Waals surface area (Å²) >= 11 is 0. The quantitative estimate of drug-likeness (QED) is 0.761. The van der Waals surface area contributed by atoms with E-state index in [1.165, 1.54) is 6.42 Å². The molecule has 0 spiro atoms. The molecular formula is C11H14N4O. The minimum atomic E-state index is 0.562. The molecule has 0 aromatic carbocycles. The van der Waals surface area contributed by atoms with Crippen molar-refractivity contribution >= 4 is 11.0 Å². The van der Waals surface area contributed by atoms with Gasteiger partial charge in [0.05, 0.1) is 18.3 Å². The van der Waals surface area contributed by atoms with Crippen LogP contribution in [0.4, 0.5) is 0 Å². The topological polar surface area (TPSA) is 52.8 Å². The maximum atomic E-state index is 5.47. The molecule has 3 heterocycles. The van der Waals surface area contributed by atoms with Crippen molar-refractivity contribution in [2.24, 2.45) is 5.92 Å². The van der Waals surface area contributed by atoms with Crippen molar-refractivity contribution in [3.05, 3.63) is 18.5 Å². The van der Waals surface area contributed by atoms with Gasteiger partial charge in [0, 0.05) is 25.3 Å². The van der Waals surface area contributed by atoms with Gasteiger partial charge in [-0.05, 0) is 18.9 Å². The fourth-order valence-electron chi connectivity index (χ4n) is 2.16. The summed E-state index contributed by atoms with van der Waals surface area (Å²) in [6.07, 6.45) is 5.89. The Hall–Kier alpha value is -1.49. The highest BCUT2D eigenvalue weighted by Gasteiger charge is 2.16. The van der Waals surface area contributed by atoms with E-state index in [1.54, 1.807) is 12.4 Å². The average Bonchev–Trinajstić information content (AvgIpc) is 2.74. The van der Waals surface area contributed by atoms with Crippen molar-refractivity contribution in [1.29, 1.82) is 0 Å². The highest BCUT2D eigenvalue weighted by atomic mass is 16.5. The molecule has 1 saturated heterocycles. The molecule has 1 aliphatic heterocycles. The van der Waals surface area contributed by atoms with Gasteiger partial charge in [0.25, 0.3) is 0 Å². The Morgan fingerprint density at radius 3 is 3.38 bits per heavy atom. The zero-order valence-electron chi connectivity index (χ0n) is 9.04. The summed E-state index contributed by atoms with van der Waals surface area (Å²) in [6.45, 7) is 2.63. The van der Waals surface area contributed by atoms with Crippen molar-refractivity contribution in [2.75, 3.05) is 13.2 Å². The zero-order chi connectivity index (χ0) is 10.8. The van der Waals surface area contributed by atoms with Crippen LogP contribution in [0.1, 0.15) is 12.8 Å². The molecule has 0 saturated carbocycles. The molecule has 3 rings (SSSR count). The number of pyridine rings is 1. The van der Waals surface area contributed by atoms with E-state index in [1.807, 2.05) is 10.7 Å². The van der Waals surface area contributed by atoms with Gasteiger partial charge in [-0.1, -0.05) is 5.21 Å². The number of ether oxygens (including phenoxy) is 1. The van der Waals surface area contributed by atoms with E-state index in [4.69, 9.17) is 4.74 Å². The predicted octanol–water partition coefficient (Wildman–Crippen LogP) is 1.25. The summed E-state index contributed by atoms with van der Waals surface area (Å²) < 4.78 is 7.42. The van der Waals surface area contributed by atoms with Crippen molar-refractivity contribution in [2.45, 2.75) is 19.4 Å². The summed E-state index contributed by atoms with van der Waals surface area (Å²) in [7, 11) is 0. The summed E-state index contributed by atoms with van der Waals surface area (Å²) in [6, 6.07) is 1.96. The van der Waals surface area contributed by atoms with Crippen LogP contribution < -0.4 is 0 Å². The Labute approximate surface area is 93.4 Å². The molecular weight excluding hydrogens is 204 g/mol. The number of fused-ring (bicyclic) bond motifs is 1. The third-order valence-electron chi connectivity index (χ3n) is 3.00. The first-order valence-corrected chi connectivity index (χ1v) is 5.64. The molecule has 1 fully saturated rings. The van der Waals surface area contributed by atoms with Gasteiger partial charge in [-0.15, -0.1) is 5.10 Å². The average molecular weight is 218 g/mol. The van der Waals surface area contributed by atoms with Gasteiger partial charge < -0.3 is 4.74 Å². The van der Waals surface area contributed by atoms with Crippen LogP contribution in [-0.4, -0.2) is 33.2 Å². The summed E-state index contributed by atoms with van der Waals surface area (Å²) in [5.74, 6) is 0.562. The molecule has 0 bridgehead atoms. The van der Waals surface area contributed by atoms with Crippen LogP contribution in [0.2, 0.25) is 0 Å². The number of nitrogens with zero attached hydrogens (tertiary/aromatic N) is 4. The molecule has 2 aromatic rings. The van der Waals surface area contributed by atoms with Crippen molar-refractivity contribution < 1.29 is 4.74 Å². The second-order valence-electron chi connectivity index (χ2n) is 4.22. The lowest BCUT2D eigenvalue weighted by molar-refractivity contribution is 0.0473. The fourth-order valence-corrected chi connectivity index (χ4v) is 2.16. The van der Waals surface area contributed by atoms with Gasteiger partial charge in [0.15, 0.2) is 0 Å². The fraction of sp³-hybridized carbons (Fsp3) is 0.545. The molecule has 0 amide bonds. The normalized spacial score (nSPS) is 21.4. The highest BCUT2D eigenvalue weighted by molar-refractivity contribution is 5.72. The summed E-state index contributed by atoms with van der Waals surface area (Å²) in [4.78, 5) is 4.03. The Bertz CT molecular complexity index is 476. The molecule has 0 aliphatic carbocycles. The molecule has 2 aromatic heterocycles. The van der Waals surface area contributed by atoms with Crippen molar-refractivity contribution in [1.82, 2.24) is 20.0 Å². The van der Waals surface area contributed by atoms with E-state index >= 15 is 0 Å². The predicted molar refractivity (Wildman–Crippen MR) is 58.9 cm³/mol. The molecule has 5 heteroatoms. The van der Waals surface area contributed by atoms with Crippen LogP contribution in [0.5, 0.6) is 0 Å². The Balaban J connectivity index is 1.83. The van der Waals surface area contributed by atoms with E-state index in [-0.39, 0.29) is 0 Å². The molecule has 84 valence electrons. The van der Waals surface area contributed by atoms with E-state index in [0.29, 0.717) is 5.92 Å². The first-order chi connectivity index (χ1) is 7.93. The van der Waals surface area contributed by atoms with Gasteiger partial charge in [-0.2, -0.15) is 0 Å². The van der Waals surface area contributed by atoms with Gasteiger partial charge in [0.2, 0.25) is 0 Å². The van der Waals surface area contributed by atoms with Gasteiger partial charge >= 0.3 is 0 Å². The Morgan fingerprint density at radius 2 is 2.50 bits per heavy atom. The SMILES string of the molecule is c1cc2c(cn1)nnn2CC1CCCOC1. The molecule has 16 heavy (non-hydrogen) atoms. The van der Waals surface area contributed by atoms with E-state index in [2.05, 4.69) is 15.3 Å². The lowest BCUT2D eigenvalue weighted by Crippen LogP contribution is -2.22. The minimum absolute atomic E-state index is 0.562. The maximum Gasteiger partial charge on any atom is 0.131 e. The minimum Gasteiger partial charge on any atom is -0.381 e. The van der Waals surface area contributed by atoms with Crippen LogP contribution in [0.15, 0.2) is 18.5 Å². The van der Waals surface area contributed by atoms with Crippen LogP contribution in [0.3, 0.4) is 0 Å². The molecule has 5 nitrogen and oxygen atoms in total. The monoisotopic (exact) mass is 218 g/mol. The third kappa shape index (κ3) is 1.78. The largest absolute Gasteiger partial charge is 0.381 e. The lowest BCUT2D eigenvalue weighted by atomic mass is 10.0. The zero-order valence-corrected chi connectivity index (χ0v) is 9.04. The molecule has 0 radical (unpaired) electrons. The van der Waals surface area contributed by atoms with Gasteiger partial charge in [-0.25, -0.2) is 4.68 Å². The van der Waals surface area contributed by atoms with Crippen LogP contribution in [0.25, 0.3) is 11.0 Å². The first-order valence-electron chi connectivity index (χ1n) is 5.64. The number of hydrogen-bond donors (Lipinski definition) is 0. The molecule has 1 atom stereocenters. The van der Waals surface area contributed by atoms with Gasteiger partial charge in [-0.3, -0.25) is 4.98 Å². The Kier molecular flexibility index (Phi) is 2.53. The van der Waals surface area contributed by atoms with Crippen molar-refractivity contribution in [3.8, 4) is 0 Å². The second-order valence-corrected chi connectivity index (χ2v) is 4.22. The third-order valence-corrected chi connectivity index (χ3v) is 3.00. The molecule has 0 N–H and O–H groups in total. The van der Waals surface area contributed by atoms with Gasteiger partial charge in [0.1, 0.15) is 5.52 Å². The maximum absolute atomic E-state index is 5.47. The highest BCUT2D eigenvalue weighted by Crippen LogP contribution is 2.17. The van der Waals surface area contributed by atoms with Crippen LogP contribution in [0, 0.1) is 5.92 Å². The van der Waals surface area contributed by atoms with Crippen LogP contribution in [-0.2, 0) is 11.3 Å². The Morgan fingerprint density at radius 1 is 1.50 bits per heavy atom. The van der Waals surface area contributed by atoms with Crippen LogP contribution >= 0.6 is 0 Å².